The van der Waals surface area contributed by atoms with Crippen molar-refractivity contribution in [3.05, 3.63) is 42.0 Å². The normalized spacial score (nSPS) is 16.5. The minimum absolute atomic E-state index is 0.0223. The Balaban J connectivity index is 1.95. The van der Waals surface area contributed by atoms with Gasteiger partial charge in [-0.1, -0.05) is 57.2 Å². The summed E-state index contributed by atoms with van der Waals surface area (Å²) in [5, 5.41) is 2.81. The van der Waals surface area contributed by atoms with E-state index >= 15 is 0 Å². The predicted octanol–water partition coefficient (Wildman–Crippen LogP) is 2.85. The number of amides is 2. The highest BCUT2D eigenvalue weighted by molar-refractivity contribution is 5.89. The first-order chi connectivity index (χ1) is 10.8. The van der Waals surface area contributed by atoms with Crippen LogP contribution in [0.4, 0.5) is 0 Å². The molecule has 0 radical (unpaired) electrons. The van der Waals surface area contributed by atoms with Crippen LogP contribution in [0.15, 0.2) is 36.4 Å². The Labute approximate surface area is 138 Å². The van der Waals surface area contributed by atoms with Crippen molar-refractivity contribution in [1.82, 2.24) is 10.2 Å². The largest absolute Gasteiger partial charge is 0.344 e. The molecule has 4 heteroatoms. The van der Waals surface area contributed by atoms with Gasteiger partial charge >= 0.3 is 0 Å². The molecule has 1 aliphatic heterocycles. The number of nitrogens with one attached hydrogen (secondary N) is 1. The monoisotopic (exact) mass is 314 g/mol. The van der Waals surface area contributed by atoms with Crippen LogP contribution in [0.3, 0.4) is 0 Å². The molecule has 2 amide bonds. The Kier molecular flexibility index (Phi) is 5.24. The van der Waals surface area contributed by atoms with Crippen molar-refractivity contribution in [2.75, 3.05) is 13.1 Å². The summed E-state index contributed by atoms with van der Waals surface area (Å²) in [6.07, 6.45) is 2.95. The van der Waals surface area contributed by atoms with Gasteiger partial charge in [-0.05, 0) is 24.5 Å². The molecule has 4 nitrogen and oxygen atoms in total. The summed E-state index contributed by atoms with van der Waals surface area (Å²) in [6.45, 7) is 8.57. The molecule has 0 aromatic heterocycles. The molecule has 1 unspecified atom stereocenters. The Morgan fingerprint density at radius 3 is 2.35 bits per heavy atom. The third-order valence-electron chi connectivity index (χ3n) is 4.06. The molecule has 2 rings (SSSR count). The molecule has 0 aliphatic carbocycles. The van der Waals surface area contributed by atoms with Gasteiger partial charge in [-0.25, -0.2) is 0 Å². The summed E-state index contributed by atoms with van der Waals surface area (Å²) in [6, 6.07) is 9.75. The lowest BCUT2D eigenvalue weighted by atomic mass is 9.95. The quantitative estimate of drug-likeness (QED) is 0.932. The number of rotatable bonds is 3. The smallest absolute Gasteiger partial charge is 0.245 e. The molecular weight excluding hydrogens is 288 g/mol. The second-order valence-electron chi connectivity index (χ2n) is 7.07. The van der Waals surface area contributed by atoms with Gasteiger partial charge in [0.05, 0.1) is 0 Å². The van der Waals surface area contributed by atoms with Gasteiger partial charge in [-0.3, -0.25) is 9.59 Å². The van der Waals surface area contributed by atoms with E-state index in [-0.39, 0.29) is 11.8 Å². The zero-order valence-corrected chi connectivity index (χ0v) is 14.4. The van der Waals surface area contributed by atoms with Gasteiger partial charge in [0.25, 0.3) is 0 Å². The minimum atomic E-state index is -0.492. The Bertz CT molecular complexity index is 600. The van der Waals surface area contributed by atoms with E-state index < -0.39 is 11.5 Å². The van der Waals surface area contributed by atoms with Gasteiger partial charge in [0.2, 0.25) is 11.8 Å². The second-order valence-corrected chi connectivity index (χ2v) is 7.07. The molecule has 0 saturated heterocycles. The molecule has 0 saturated carbocycles. The van der Waals surface area contributed by atoms with Crippen LogP contribution in [0.5, 0.6) is 0 Å². The van der Waals surface area contributed by atoms with E-state index in [9.17, 15) is 9.59 Å². The average molecular weight is 314 g/mol. The molecule has 1 aliphatic rings. The Morgan fingerprint density at radius 1 is 1.17 bits per heavy atom. The van der Waals surface area contributed by atoms with E-state index in [1.165, 1.54) is 11.1 Å². The third-order valence-corrected chi connectivity index (χ3v) is 4.06. The van der Waals surface area contributed by atoms with Crippen LogP contribution in [0, 0.1) is 5.41 Å². The van der Waals surface area contributed by atoms with Crippen LogP contribution in [-0.2, 0) is 9.59 Å². The van der Waals surface area contributed by atoms with Crippen molar-refractivity contribution in [3.63, 3.8) is 0 Å². The highest BCUT2D eigenvalue weighted by Gasteiger charge is 2.28. The number of carbonyl (C=O) groups is 2. The maximum atomic E-state index is 12.5. The van der Waals surface area contributed by atoms with Crippen LogP contribution < -0.4 is 5.32 Å². The van der Waals surface area contributed by atoms with E-state index in [0.29, 0.717) is 13.1 Å². The molecule has 0 spiro atoms. The number of carbonyl (C=O) groups excluding carboxylic acids is 2. The SMILES string of the molecule is CC(NC(=O)C(C)(C)C)C(=O)N1CC=C(c2ccccc2)CC1. The van der Waals surface area contributed by atoms with Crippen LogP contribution >= 0.6 is 0 Å². The first-order valence-corrected chi connectivity index (χ1v) is 8.13. The fourth-order valence-electron chi connectivity index (χ4n) is 2.53. The highest BCUT2D eigenvalue weighted by atomic mass is 16.2. The van der Waals surface area contributed by atoms with Crippen LogP contribution in [0.25, 0.3) is 5.57 Å². The topological polar surface area (TPSA) is 49.4 Å². The van der Waals surface area contributed by atoms with Crippen LogP contribution in [0.1, 0.15) is 39.7 Å². The lowest BCUT2D eigenvalue weighted by Gasteiger charge is -2.30. The average Bonchev–Trinajstić information content (AvgIpc) is 2.54. The maximum Gasteiger partial charge on any atom is 0.245 e. The Hall–Kier alpha value is -2.10. The van der Waals surface area contributed by atoms with Crippen molar-refractivity contribution >= 4 is 17.4 Å². The molecule has 1 aromatic carbocycles. The van der Waals surface area contributed by atoms with Crippen LogP contribution in [-0.4, -0.2) is 35.8 Å². The molecule has 0 bridgehead atoms. The molecular formula is C19H26N2O2. The fraction of sp³-hybridized carbons (Fsp3) is 0.474. The second kappa shape index (κ2) is 6.99. The fourth-order valence-corrected chi connectivity index (χ4v) is 2.53. The molecule has 124 valence electrons. The van der Waals surface area contributed by atoms with E-state index in [2.05, 4.69) is 23.5 Å². The predicted molar refractivity (Wildman–Crippen MR) is 92.7 cm³/mol. The van der Waals surface area contributed by atoms with E-state index in [1.807, 2.05) is 39.0 Å². The first kappa shape index (κ1) is 17.3. The number of nitrogens with zero attached hydrogens (tertiary/aromatic N) is 1. The minimum Gasteiger partial charge on any atom is -0.344 e. The van der Waals surface area contributed by atoms with E-state index in [4.69, 9.17) is 0 Å². The van der Waals surface area contributed by atoms with Crippen molar-refractivity contribution in [1.29, 1.82) is 0 Å². The first-order valence-electron chi connectivity index (χ1n) is 8.13. The van der Waals surface area contributed by atoms with Crippen molar-refractivity contribution < 1.29 is 9.59 Å². The lowest BCUT2D eigenvalue weighted by molar-refractivity contribution is -0.137. The zero-order valence-electron chi connectivity index (χ0n) is 14.4. The number of hydrogen-bond acceptors (Lipinski definition) is 2. The summed E-state index contributed by atoms with van der Waals surface area (Å²) in [5.41, 5.74) is 2.01. The third kappa shape index (κ3) is 4.44. The van der Waals surface area contributed by atoms with Crippen LogP contribution in [0.2, 0.25) is 0 Å². The molecule has 1 aromatic rings. The van der Waals surface area contributed by atoms with Gasteiger partial charge in [-0.2, -0.15) is 0 Å². The summed E-state index contributed by atoms with van der Waals surface area (Å²) in [4.78, 5) is 26.3. The van der Waals surface area contributed by atoms with Gasteiger partial charge in [0.1, 0.15) is 6.04 Å². The van der Waals surface area contributed by atoms with Gasteiger partial charge in [0, 0.05) is 18.5 Å². The number of hydrogen-bond donors (Lipinski definition) is 1. The molecule has 23 heavy (non-hydrogen) atoms. The summed E-state index contributed by atoms with van der Waals surface area (Å²) in [5.74, 6) is -0.123. The standard InChI is InChI=1S/C19H26N2O2/c1-14(20-18(23)19(2,3)4)17(22)21-12-10-16(11-13-21)15-8-6-5-7-9-15/h5-10,14H,11-13H2,1-4H3,(H,20,23). The summed E-state index contributed by atoms with van der Waals surface area (Å²) < 4.78 is 0. The number of benzene rings is 1. The molecule has 0 fully saturated rings. The van der Waals surface area contributed by atoms with Crippen molar-refractivity contribution in [2.45, 2.75) is 40.2 Å². The molecule has 1 atom stereocenters. The van der Waals surface area contributed by atoms with E-state index in [1.54, 1.807) is 11.8 Å². The van der Waals surface area contributed by atoms with Gasteiger partial charge in [-0.15, -0.1) is 0 Å². The zero-order chi connectivity index (χ0) is 17.0. The molecule has 1 N–H and O–H groups in total. The maximum absolute atomic E-state index is 12.5. The highest BCUT2D eigenvalue weighted by Crippen LogP contribution is 2.22. The van der Waals surface area contributed by atoms with Gasteiger partial charge < -0.3 is 10.2 Å². The molecule has 1 heterocycles. The van der Waals surface area contributed by atoms with Crippen molar-refractivity contribution in [3.8, 4) is 0 Å². The summed E-state index contributed by atoms with van der Waals surface area (Å²) >= 11 is 0. The van der Waals surface area contributed by atoms with E-state index in [0.717, 1.165) is 6.42 Å². The lowest BCUT2D eigenvalue weighted by Crippen LogP contribution is -2.50. The van der Waals surface area contributed by atoms with Gasteiger partial charge in [0.15, 0.2) is 0 Å². The van der Waals surface area contributed by atoms with Crippen molar-refractivity contribution in [2.24, 2.45) is 5.41 Å². The summed E-state index contributed by atoms with van der Waals surface area (Å²) in [7, 11) is 0. The Morgan fingerprint density at radius 2 is 1.83 bits per heavy atom.